The molecule has 0 bridgehead atoms. The van der Waals surface area contributed by atoms with Gasteiger partial charge in [-0.2, -0.15) is 13.2 Å². The zero-order chi connectivity index (χ0) is 26.9. The number of aryl methyl sites for hydroxylation is 1. The second-order valence-electron chi connectivity index (χ2n) is 9.80. The summed E-state index contributed by atoms with van der Waals surface area (Å²) in [4.78, 5) is 9.16. The van der Waals surface area contributed by atoms with E-state index in [1.807, 2.05) is 38.1 Å². The zero-order valence-electron chi connectivity index (χ0n) is 21.5. The summed E-state index contributed by atoms with van der Waals surface area (Å²) in [5.41, 5.74) is 2.75. The molecular formula is C28H32F3N5OS. The standard InChI is InChI=1S/C28H32F3N5OS/c1-19-18-21(20(2)36(19)24-10-4-3-8-22(24)28(29,30)31)26-25(23-9-5-6-11-32-23)33-27(38)35(26)13-7-12-34-14-16-37-17-15-34/h3-6,8-11,18,25-26H,7,12-17H2,1-2H3,(H,33,38). The van der Waals surface area contributed by atoms with Gasteiger partial charge in [-0.15, -0.1) is 0 Å². The quantitative estimate of drug-likeness (QED) is 0.414. The van der Waals surface area contributed by atoms with Crippen LogP contribution in [0.1, 0.15) is 46.7 Å². The Morgan fingerprint density at radius 2 is 1.79 bits per heavy atom. The fourth-order valence-electron chi connectivity index (χ4n) is 5.64. The van der Waals surface area contributed by atoms with E-state index >= 15 is 0 Å². The first kappa shape index (κ1) is 26.6. The topological polar surface area (TPSA) is 45.6 Å². The van der Waals surface area contributed by atoms with Crippen molar-refractivity contribution in [2.45, 2.75) is 38.5 Å². The lowest BCUT2D eigenvalue weighted by Crippen LogP contribution is -2.39. The van der Waals surface area contributed by atoms with Gasteiger partial charge in [0.2, 0.25) is 0 Å². The molecule has 2 atom stereocenters. The lowest BCUT2D eigenvalue weighted by atomic mass is 9.96. The molecule has 2 saturated heterocycles. The minimum atomic E-state index is -4.46. The van der Waals surface area contributed by atoms with E-state index in [1.54, 1.807) is 16.8 Å². The molecule has 10 heteroatoms. The summed E-state index contributed by atoms with van der Waals surface area (Å²) in [6, 6.07) is 13.1. The molecule has 5 rings (SSSR count). The number of benzene rings is 1. The van der Waals surface area contributed by atoms with Gasteiger partial charge in [-0.1, -0.05) is 18.2 Å². The van der Waals surface area contributed by atoms with Crippen molar-refractivity contribution in [1.29, 1.82) is 0 Å². The molecule has 0 spiro atoms. The van der Waals surface area contributed by atoms with Gasteiger partial charge in [0.15, 0.2) is 5.11 Å². The maximum absolute atomic E-state index is 13.9. The number of halogens is 3. The van der Waals surface area contributed by atoms with Crippen molar-refractivity contribution in [3.8, 4) is 5.69 Å². The molecule has 0 aliphatic carbocycles. The second-order valence-corrected chi connectivity index (χ2v) is 10.2. The van der Waals surface area contributed by atoms with Gasteiger partial charge in [-0.05, 0) is 68.4 Å². The summed E-state index contributed by atoms with van der Waals surface area (Å²) in [6.45, 7) is 8.73. The highest BCUT2D eigenvalue weighted by atomic mass is 32.1. The molecule has 3 aromatic rings. The SMILES string of the molecule is Cc1cc(C2C(c3ccccn3)NC(=S)N2CCCN2CCOCC2)c(C)n1-c1ccccc1C(F)(F)F. The first-order valence-electron chi connectivity index (χ1n) is 12.9. The molecule has 0 radical (unpaired) electrons. The summed E-state index contributed by atoms with van der Waals surface area (Å²) in [7, 11) is 0. The van der Waals surface area contributed by atoms with Gasteiger partial charge in [-0.25, -0.2) is 0 Å². The molecule has 0 saturated carbocycles. The number of aromatic nitrogens is 2. The molecule has 1 N–H and O–H groups in total. The van der Waals surface area contributed by atoms with Gasteiger partial charge in [0.25, 0.3) is 0 Å². The number of pyridine rings is 1. The first-order chi connectivity index (χ1) is 18.3. The highest BCUT2D eigenvalue weighted by Crippen LogP contribution is 2.42. The van der Waals surface area contributed by atoms with E-state index in [2.05, 4.69) is 20.1 Å². The lowest BCUT2D eigenvalue weighted by Gasteiger charge is -2.30. The van der Waals surface area contributed by atoms with E-state index in [4.69, 9.17) is 17.0 Å². The second kappa shape index (κ2) is 11.0. The number of nitrogens with zero attached hydrogens (tertiary/aromatic N) is 4. The van der Waals surface area contributed by atoms with E-state index < -0.39 is 11.7 Å². The van der Waals surface area contributed by atoms with Crippen LogP contribution in [0.4, 0.5) is 13.2 Å². The number of alkyl halides is 3. The Morgan fingerprint density at radius 3 is 2.50 bits per heavy atom. The maximum Gasteiger partial charge on any atom is 0.418 e. The van der Waals surface area contributed by atoms with Crippen molar-refractivity contribution < 1.29 is 17.9 Å². The van der Waals surface area contributed by atoms with Crippen molar-refractivity contribution in [2.75, 3.05) is 39.4 Å². The number of para-hydroxylation sites is 1. The Kier molecular flexibility index (Phi) is 7.74. The van der Waals surface area contributed by atoms with Gasteiger partial charge < -0.3 is 19.5 Å². The van der Waals surface area contributed by atoms with Crippen LogP contribution in [-0.4, -0.2) is 63.9 Å². The van der Waals surface area contributed by atoms with Crippen molar-refractivity contribution in [2.24, 2.45) is 0 Å². The van der Waals surface area contributed by atoms with Gasteiger partial charge in [0, 0.05) is 43.8 Å². The van der Waals surface area contributed by atoms with Crippen molar-refractivity contribution in [3.05, 3.63) is 82.9 Å². The van der Waals surface area contributed by atoms with Crippen molar-refractivity contribution in [1.82, 2.24) is 24.7 Å². The molecular weight excluding hydrogens is 511 g/mol. The minimum Gasteiger partial charge on any atom is -0.379 e. The normalized spacial score (nSPS) is 20.7. The third-order valence-electron chi connectivity index (χ3n) is 7.41. The average Bonchev–Trinajstić information content (AvgIpc) is 3.39. The Bertz CT molecular complexity index is 1270. The lowest BCUT2D eigenvalue weighted by molar-refractivity contribution is -0.137. The largest absolute Gasteiger partial charge is 0.418 e. The van der Waals surface area contributed by atoms with Gasteiger partial charge in [0.1, 0.15) is 0 Å². The molecule has 202 valence electrons. The third-order valence-corrected chi connectivity index (χ3v) is 7.77. The van der Waals surface area contributed by atoms with E-state index in [1.165, 1.54) is 12.1 Å². The van der Waals surface area contributed by atoms with Gasteiger partial charge in [0.05, 0.1) is 42.2 Å². The summed E-state index contributed by atoms with van der Waals surface area (Å²) in [5, 5.41) is 4.09. The number of thiocarbonyl (C=S) groups is 1. The van der Waals surface area contributed by atoms with Crippen LogP contribution >= 0.6 is 12.2 Å². The molecule has 6 nitrogen and oxygen atoms in total. The molecule has 4 heterocycles. The van der Waals surface area contributed by atoms with E-state index in [-0.39, 0.29) is 17.8 Å². The van der Waals surface area contributed by atoms with Crippen LogP contribution in [-0.2, 0) is 10.9 Å². The number of hydrogen-bond donors (Lipinski definition) is 1. The molecule has 2 aromatic heterocycles. The zero-order valence-corrected chi connectivity index (χ0v) is 22.4. The van der Waals surface area contributed by atoms with Crippen LogP contribution in [0, 0.1) is 13.8 Å². The number of nitrogens with one attached hydrogen (secondary N) is 1. The minimum absolute atomic E-state index is 0.128. The summed E-state index contributed by atoms with van der Waals surface area (Å²) < 4.78 is 49.0. The van der Waals surface area contributed by atoms with Crippen LogP contribution < -0.4 is 5.32 Å². The highest BCUT2D eigenvalue weighted by molar-refractivity contribution is 7.80. The molecule has 2 aliphatic rings. The van der Waals surface area contributed by atoms with Crippen molar-refractivity contribution in [3.63, 3.8) is 0 Å². The monoisotopic (exact) mass is 543 g/mol. The fraction of sp³-hybridized carbons (Fsp3) is 0.429. The van der Waals surface area contributed by atoms with Crippen LogP contribution in [0.25, 0.3) is 5.69 Å². The van der Waals surface area contributed by atoms with E-state index in [0.29, 0.717) is 5.11 Å². The summed E-state index contributed by atoms with van der Waals surface area (Å²) in [5.74, 6) is 0. The molecule has 1 aromatic carbocycles. The van der Waals surface area contributed by atoms with Crippen LogP contribution in [0.2, 0.25) is 0 Å². The molecule has 38 heavy (non-hydrogen) atoms. The van der Waals surface area contributed by atoms with E-state index in [9.17, 15) is 13.2 Å². The number of morpholine rings is 1. The van der Waals surface area contributed by atoms with Crippen molar-refractivity contribution >= 4 is 17.3 Å². The predicted molar refractivity (Wildman–Crippen MR) is 144 cm³/mol. The smallest absolute Gasteiger partial charge is 0.379 e. The molecule has 2 unspecified atom stereocenters. The predicted octanol–water partition coefficient (Wildman–Crippen LogP) is 5.20. The van der Waals surface area contributed by atoms with Crippen LogP contribution in [0.3, 0.4) is 0 Å². The van der Waals surface area contributed by atoms with Gasteiger partial charge >= 0.3 is 6.18 Å². The Balaban J connectivity index is 1.52. The highest BCUT2D eigenvalue weighted by Gasteiger charge is 2.42. The fourth-order valence-corrected chi connectivity index (χ4v) is 5.97. The van der Waals surface area contributed by atoms with Crippen LogP contribution in [0.15, 0.2) is 54.7 Å². The first-order valence-corrected chi connectivity index (χ1v) is 13.3. The average molecular weight is 544 g/mol. The molecule has 2 aliphatic heterocycles. The number of ether oxygens (including phenoxy) is 1. The van der Waals surface area contributed by atoms with Gasteiger partial charge in [-0.3, -0.25) is 9.88 Å². The Hall–Kier alpha value is -2.95. The van der Waals surface area contributed by atoms with Crippen LogP contribution in [0.5, 0.6) is 0 Å². The molecule has 0 amide bonds. The van der Waals surface area contributed by atoms with E-state index in [0.717, 1.165) is 74.5 Å². The summed E-state index contributed by atoms with van der Waals surface area (Å²) in [6.07, 6.45) is -1.80. The Labute approximate surface area is 226 Å². The third kappa shape index (κ3) is 5.30. The summed E-state index contributed by atoms with van der Waals surface area (Å²) >= 11 is 5.81. The molecule has 2 fully saturated rings. The number of rotatable bonds is 7. The Morgan fingerprint density at radius 1 is 1.05 bits per heavy atom. The number of hydrogen-bond acceptors (Lipinski definition) is 4. The maximum atomic E-state index is 13.9.